The normalized spacial score (nSPS) is 17.0. The predicted molar refractivity (Wildman–Crippen MR) is 141 cm³/mol. The largest absolute Gasteiger partial charge is 0.451 e. The molecule has 0 unspecified atom stereocenters. The zero-order valence-corrected chi connectivity index (χ0v) is 24.4. The molecule has 0 saturated carbocycles. The van der Waals surface area contributed by atoms with Crippen LogP contribution in [0.2, 0.25) is 37.8 Å². The average molecular weight is 495 g/mol. The van der Waals surface area contributed by atoms with E-state index in [0.29, 0.717) is 5.56 Å². The monoisotopic (exact) mass is 494 g/mol. The molecule has 5 atom stereocenters. The maximum absolute atomic E-state index is 13.3. The molecule has 0 bridgehead atoms. The number of Topliss-reactive ketones (excluding diaryl/α,β-unsaturated/α-hetero) is 1. The molecule has 1 aromatic carbocycles. The van der Waals surface area contributed by atoms with Gasteiger partial charge in [-0.15, -0.1) is 0 Å². The Bertz CT molecular complexity index is 735. The Morgan fingerprint density at radius 3 is 1.82 bits per heavy atom. The molecule has 0 fully saturated rings. The van der Waals surface area contributed by atoms with Gasteiger partial charge < -0.3 is 13.6 Å². The van der Waals surface area contributed by atoms with Crippen molar-refractivity contribution in [1.29, 1.82) is 0 Å². The van der Waals surface area contributed by atoms with Gasteiger partial charge in [-0.1, -0.05) is 52.8 Å². The van der Waals surface area contributed by atoms with Crippen LogP contribution in [-0.2, 0) is 18.4 Å². The van der Waals surface area contributed by atoms with Gasteiger partial charge >= 0.3 is 5.97 Å². The van der Waals surface area contributed by atoms with Gasteiger partial charge in [0.25, 0.3) is 0 Å². The molecule has 5 nitrogen and oxygen atoms in total. The first-order chi connectivity index (χ1) is 15.3. The van der Waals surface area contributed by atoms with Crippen LogP contribution < -0.4 is 0 Å². The van der Waals surface area contributed by atoms with Crippen molar-refractivity contribution in [2.45, 2.75) is 105 Å². The number of ether oxygens (including phenoxy) is 1. The third-order valence-corrected chi connectivity index (χ3v) is 12.5. The van der Waals surface area contributed by atoms with Crippen molar-refractivity contribution in [3.05, 3.63) is 35.9 Å². The third-order valence-electron chi connectivity index (χ3n) is 6.75. The number of benzene rings is 1. The minimum absolute atomic E-state index is 0.0182. The first-order valence-corrected chi connectivity index (χ1v) is 18.4. The van der Waals surface area contributed by atoms with E-state index in [1.54, 1.807) is 31.2 Å². The van der Waals surface area contributed by atoms with Gasteiger partial charge in [-0.05, 0) is 63.8 Å². The van der Waals surface area contributed by atoms with E-state index in [1.165, 1.54) is 0 Å². The molecule has 0 N–H and O–H groups in total. The van der Waals surface area contributed by atoms with Crippen LogP contribution in [0.25, 0.3) is 0 Å². The fraction of sp³-hybridized carbons (Fsp3) is 0.692. The maximum atomic E-state index is 13.3. The summed E-state index contributed by atoms with van der Waals surface area (Å²) in [5, 5.41) is 0. The molecule has 1 aromatic rings. The molecule has 0 aliphatic carbocycles. The quantitative estimate of drug-likeness (QED) is 0.213. The molecule has 0 aromatic heterocycles. The number of esters is 1. The summed E-state index contributed by atoms with van der Waals surface area (Å²) in [6, 6.07) is 12.0. The fourth-order valence-corrected chi connectivity index (χ4v) is 8.47. The minimum Gasteiger partial charge on any atom is -0.451 e. The van der Waals surface area contributed by atoms with Gasteiger partial charge in [-0.25, -0.2) is 4.79 Å². The summed E-state index contributed by atoms with van der Waals surface area (Å²) < 4.78 is 18.8. The van der Waals surface area contributed by atoms with E-state index in [0.717, 1.165) is 18.1 Å². The highest BCUT2D eigenvalue weighted by Gasteiger charge is 2.40. The minimum atomic E-state index is -1.94. The Labute approximate surface area is 203 Å². The van der Waals surface area contributed by atoms with E-state index < -0.39 is 34.6 Å². The van der Waals surface area contributed by atoms with Gasteiger partial charge in [0.15, 0.2) is 28.5 Å². The Morgan fingerprint density at radius 1 is 0.848 bits per heavy atom. The summed E-state index contributed by atoms with van der Waals surface area (Å²) in [7, 11) is -3.73. The molecule has 0 aliphatic rings. The van der Waals surface area contributed by atoms with Crippen LogP contribution in [-0.4, -0.2) is 46.7 Å². The third kappa shape index (κ3) is 8.78. The highest BCUT2D eigenvalue weighted by Crippen LogP contribution is 2.31. The van der Waals surface area contributed by atoms with Gasteiger partial charge in [-0.2, -0.15) is 0 Å². The molecule has 0 spiro atoms. The molecule has 0 saturated heterocycles. The van der Waals surface area contributed by atoms with Crippen LogP contribution in [0.3, 0.4) is 0 Å². The number of rotatable bonds is 14. The predicted octanol–water partition coefficient (Wildman–Crippen LogP) is 6.70. The van der Waals surface area contributed by atoms with Crippen molar-refractivity contribution in [3.63, 3.8) is 0 Å². The summed E-state index contributed by atoms with van der Waals surface area (Å²) in [4.78, 5) is 25.8. The topological polar surface area (TPSA) is 61.8 Å². The van der Waals surface area contributed by atoms with Gasteiger partial charge in [0.1, 0.15) is 0 Å². The van der Waals surface area contributed by atoms with E-state index in [1.807, 2.05) is 13.0 Å². The molecular formula is C26H46O5Si2. The van der Waals surface area contributed by atoms with Crippen molar-refractivity contribution >= 4 is 28.4 Å². The summed E-state index contributed by atoms with van der Waals surface area (Å²) in [6.07, 6.45) is -1.16. The molecule has 0 heterocycles. The number of carbonyl (C=O) groups is 2. The van der Waals surface area contributed by atoms with Gasteiger partial charge in [0.2, 0.25) is 0 Å². The second-order valence-corrected chi connectivity index (χ2v) is 19.4. The molecule has 0 aliphatic heterocycles. The number of hydrogen-bond acceptors (Lipinski definition) is 5. The van der Waals surface area contributed by atoms with Crippen LogP contribution >= 0.6 is 0 Å². The second-order valence-electron chi connectivity index (χ2n) is 10.2. The van der Waals surface area contributed by atoms with Gasteiger partial charge in [0.05, 0.1) is 11.7 Å². The van der Waals surface area contributed by atoms with Crippen LogP contribution in [0.4, 0.5) is 0 Å². The smallest absolute Gasteiger partial charge is 0.338 e. The lowest BCUT2D eigenvalue weighted by Crippen LogP contribution is -2.49. The highest BCUT2D eigenvalue weighted by molar-refractivity contribution is 6.73. The molecular weight excluding hydrogens is 448 g/mol. The van der Waals surface area contributed by atoms with E-state index in [4.69, 9.17) is 13.6 Å². The average Bonchev–Trinajstić information content (AvgIpc) is 2.79. The summed E-state index contributed by atoms with van der Waals surface area (Å²) in [6.45, 7) is 20.9. The lowest BCUT2D eigenvalue weighted by Gasteiger charge is -2.40. The zero-order valence-electron chi connectivity index (χ0n) is 22.4. The van der Waals surface area contributed by atoms with Crippen molar-refractivity contribution < 1.29 is 23.2 Å². The van der Waals surface area contributed by atoms with E-state index in [9.17, 15) is 9.59 Å². The number of ketones is 1. The lowest BCUT2D eigenvalue weighted by molar-refractivity contribution is -0.135. The zero-order chi connectivity index (χ0) is 25.4. The molecule has 33 heavy (non-hydrogen) atoms. The highest BCUT2D eigenvalue weighted by atomic mass is 28.4. The van der Waals surface area contributed by atoms with E-state index >= 15 is 0 Å². The SMILES string of the molecule is CC[Si](CC)(CC)O[C@H](C)[C@@H](C)[C@@H](O[Si](C)(C)C)[C@@H](C)C(=O)[C@H](C)OC(=O)c1ccccc1. The van der Waals surface area contributed by atoms with Crippen molar-refractivity contribution in [3.8, 4) is 0 Å². The van der Waals surface area contributed by atoms with Crippen LogP contribution in [0.5, 0.6) is 0 Å². The van der Waals surface area contributed by atoms with Crippen LogP contribution in [0, 0.1) is 11.8 Å². The molecule has 0 amide bonds. The Morgan fingerprint density at radius 2 is 1.36 bits per heavy atom. The number of hydrogen-bond donors (Lipinski definition) is 0. The summed E-state index contributed by atoms with van der Waals surface area (Å²) in [5.41, 5.74) is 0.440. The van der Waals surface area contributed by atoms with E-state index in [2.05, 4.69) is 54.3 Å². The van der Waals surface area contributed by atoms with Crippen molar-refractivity contribution in [1.82, 2.24) is 0 Å². The standard InChI is InChI=1S/C26H46O5Si2/c1-11-33(12-2,13-3)30-21(6)19(4)25(31-32(8,9)10)20(5)24(27)22(7)29-26(28)23-17-15-14-16-18-23/h14-22,25H,11-13H2,1-10H3/t19-,20+,21-,22+,25-/m1/s1. The van der Waals surface area contributed by atoms with Crippen molar-refractivity contribution in [2.24, 2.45) is 11.8 Å². The second kappa shape index (κ2) is 13.0. The van der Waals surface area contributed by atoms with Crippen molar-refractivity contribution in [2.75, 3.05) is 0 Å². The van der Waals surface area contributed by atoms with Gasteiger partial charge in [-0.3, -0.25) is 4.79 Å². The Kier molecular flexibility index (Phi) is 11.7. The maximum Gasteiger partial charge on any atom is 0.338 e. The Hall–Kier alpha value is -1.29. The lowest BCUT2D eigenvalue weighted by atomic mass is 9.86. The number of carbonyl (C=O) groups excluding carboxylic acids is 2. The fourth-order valence-electron chi connectivity index (χ4n) is 4.23. The first kappa shape index (κ1) is 29.7. The van der Waals surface area contributed by atoms with Crippen LogP contribution in [0.1, 0.15) is 58.8 Å². The Balaban J connectivity index is 3.04. The molecule has 7 heteroatoms. The van der Waals surface area contributed by atoms with E-state index in [-0.39, 0.29) is 23.9 Å². The van der Waals surface area contributed by atoms with Gasteiger partial charge in [0, 0.05) is 17.9 Å². The molecule has 1 rings (SSSR count). The molecule has 0 radical (unpaired) electrons. The summed E-state index contributed by atoms with van der Waals surface area (Å²) in [5.74, 6) is -0.992. The summed E-state index contributed by atoms with van der Waals surface area (Å²) >= 11 is 0. The van der Waals surface area contributed by atoms with Crippen LogP contribution in [0.15, 0.2) is 30.3 Å². The molecule has 188 valence electrons. The first-order valence-electron chi connectivity index (χ1n) is 12.5.